The van der Waals surface area contributed by atoms with Crippen LogP contribution in [-0.2, 0) is 11.3 Å². The maximum absolute atomic E-state index is 13.5. The number of rotatable bonds is 3. The number of benzene rings is 2. The molecule has 1 N–H and O–H groups in total. The highest BCUT2D eigenvalue weighted by Crippen LogP contribution is 2.41. The highest BCUT2D eigenvalue weighted by Gasteiger charge is 2.29. The minimum absolute atomic E-state index is 0. The topological polar surface area (TPSA) is 44.8 Å². The molecule has 0 saturated carbocycles. The number of carbonyl (C=O) groups excluding carboxylic acids is 1. The van der Waals surface area contributed by atoms with Gasteiger partial charge in [0.25, 0.3) is 5.91 Å². The van der Waals surface area contributed by atoms with Crippen molar-refractivity contribution in [2.24, 2.45) is 0 Å². The lowest BCUT2D eigenvalue weighted by Crippen LogP contribution is -2.44. The first-order valence-electron chi connectivity index (χ1n) is 8.49. The first-order valence-corrected chi connectivity index (χ1v) is 8.49. The predicted octanol–water partition coefficient (Wildman–Crippen LogP) is 2.58. The molecular formula is C19H21ClFN3O2. The zero-order chi connectivity index (χ0) is 17.2. The van der Waals surface area contributed by atoms with Crippen molar-refractivity contribution in [2.45, 2.75) is 6.54 Å². The molecule has 0 radical (unpaired) electrons. The number of piperazine rings is 1. The number of carbonyl (C=O) groups is 1. The van der Waals surface area contributed by atoms with E-state index in [-0.39, 0.29) is 30.7 Å². The summed E-state index contributed by atoms with van der Waals surface area (Å²) >= 11 is 0. The van der Waals surface area contributed by atoms with Gasteiger partial charge in [0.1, 0.15) is 5.82 Å². The average Bonchev–Trinajstić information content (AvgIpc) is 2.64. The van der Waals surface area contributed by atoms with Gasteiger partial charge in [0.05, 0.1) is 17.9 Å². The number of para-hydroxylation sites is 1. The largest absolute Gasteiger partial charge is 0.479 e. The van der Waals surface area contributed by atoms with E-state index in [1.807, 2.05) is 24.3 Å². The summed E-state index contributed by atoms with van der Waals surface area (Å²) in [4.78, 5) is 16.4. The van der Waals surface area contributed by atoms with Crippen molar-refractivity contribution in [3.8, 4) is 5.75 Å². The number of amides is 1. The second-order valence-corrected chi connectivity index (χ2v) is 6.26. The van der Waals surface area contributed by atoms with Crippen LogP contribution in [-0.4, -0.2) is 38.7 Å². The Morgan fingerprint density at radius 3 is 2.58 bits per heavy atom. The van der Waals surface area contributed by atoms with Crippen LogP contribution in [0.1, 0.15) is 5.56 Å². The summed E-state index contributed by atoms with van der Waals surface area (Å²) in [6.07, 6.45) is 0. The molecule has 2 aliphatic rings. The smallest absolute Gasteiger partial charge is 0.265 e. The SMILES string of the molecule is Cl.O=C1COc2c(N3CCNCC3)cccc2N1Cc1cccc(F)c1. The number of nitrogens with zero attached hydrogens (tertiary/aromatic N) is 2. The molecule has 0 aliphatic carbocycles. The van der Waals surface area contributed by atoms with E-state index in [1.165, 1.54) is 12.1 Å². The molecule has 2 heterocycles. The predicted molar refractivity (Wildman–Crippen MR) is 102 cm³/mol. The number of hydrogen-bond acceptors (Lipinski definition) is 4. The van der Waals surface area contributed by atoms with Crippen molar-refractivity contribution >= 4 is 29.7 Å². The van der Waals surface area contributed by atoms with Crippen LogP contribution in [0.4, 0.5) is 15.8 Å². The molecule has 4 rings (SSSR count). The molecule has 7 heteroatoms. The lowest BCUT2D eigenvalue weighted by Gasteiger charge is -2.35. The van der Waals surface area contributed by atoms with Gasteiger partial charge in [-0.3, -0.25) is 4.79 Å². The fraction of sp³-hybridized carbons (Fsp3) is 0.316. The minimum Gasteiger partial charge on any atom is -0.479 e. The van der Waals surface area contributed by atoms with Gasteiger partial charge in [0.2, 0.25) is 0 Å². The second-order valence-electron chi connectivity index (χ2n) is 6.26. The summed E-state index contributed by atoms with van der Waals surface area (Å²) in [6, 6.07) is 12.2. The monoisotopic (exact) mass is 377 g/mol. The van der Waals surface area contributed by atoms with Gasteiger partial charge in [0.15, 0.2) is 12.4 Å². The van der Waals surface area contributed by atoms with Crippen LogP contribution in [0.5, 0.6) is 5.75 Å². The Balaban J connectivity index is 0.00000196. The maximum Gasteiger partial charge on any atom is 0.265 e. The van der Waals surface area contributed by atoms with Gasteiger partial charge in [-0.25, -0.2) is 4.39 Å². The molecule has 5 nitrogen and oxygen atoms in total. The normalized spacial score (nSPS) is 16.6. The molecule has 0 atom stereocenters. The van der Waals surface area contributed by atoms with E-state index >= 15 is 0 Å². The van der Waals surface area contributed by atoms with Crippen molar-refractivity contribution in [3.05, 3.63) is 53.8 Å². The highest BCUT2D eigenvalue weighted by molar-refractivity contribution is 5.99. The summed E-state index contributed by atoms with van der Waals surface area (Å²) in [7, 11) is 0. The van der Waals surface area contributed by atoms with Crippen LogP contribution in [0.2, 0.25) is 0 Å². The average molecular weight is 378 g/mol. The molecule has 0 spiro atoms. The number of hydrogen-bond donors (Lipinski definition) is 1. The fourth-order valence-corrected chi connectivity index (χ4v) is 3.37. The second kappa shape index (κ2) is 7.93. The fourth-order valence-electron chi connectivity index (χ4n) is 3.37. The number of halogens is 2. The van der Waals surface area contributed by atoms with E-state index in [4.69, 9.17) is 4.74 Å². The molecule has 26 heavy (non-hydrogen) atoms. The van der Waals surface area contributed by atoms with E-state index in [1.54, 1.807) is 11.0 Å². The van der Waals surface area contributed by atoms with Crippen LogP contribution in [0.25, 0.3) is 0 Å². The summed E-state index contributed by atoms with van der Waals surface area (Å²) in [5, 5.41) is 3.34. The standard InChI is InChI=1S/C19H20FN3O2.ClH/c20-15-4-1-3-14(11-15)12-23-17-6-2-5-16(19(17)25-13-18(23)24)22-9-7-21-8-10-22;/h1-6,11,21H,7-10,12-13H2;1H. The molecule has 138 valence electrons. The number of ether oxygens (including phenoxy) is 1. The first kappa shape index (κ1) is 18.5. The number of nitrogens with one attached hydrogen (secondary N) is 1. The summed E-state index contributed by atoms with van der Waals surface area (Å²) in [6.45, 7) is 3.99. The van der Waals surface area contributed by atoms with Gasteiger partial charge in [-0.05, 0) is 29.8 Å². The van der Waals surface area contributed by atoms with Crippen molar-refractivity contribution in [3.63, 3.8) is 0 Å². The van der Waals surface area contributed by atoms with Gasteiger partial charge in [-0.15, -0.1) is 12.4 Å². The minimum atomic E-state index is -0.298. The molecule has 1 amide bonds. The van der Waals surface area contributed by atoms with Crippen molar-refractivity contribution in [1.82, 2.24) is 5.32 Å². The van der Waals surface area contributed by atoms with Crippen LogP contribution in [0.15, 0.2) is 42.5 Å². The molecule has 2 aliphatic heterocycles. The zero-order valence-corrected chi connectivity index (χ0v) is 15.1. The quantitative estimate of drug-likeness (QED) is 0.893. The molecule has 0 aromatic heterocycles. The van der Waals surface area contributed by atoms with Crippen LogP contribution in [0.3, 0.4) is 0 Å². The molecule has 1 saturated heterocycles. The van der Waals surface area contributed by atoms with E-state index in [2.05, 4.69) is 10.2 Å². The van der Waals surface area contributed by atoms with E-state index < -0.39 is 0 Å². The third kappa shape index (κ3) is 3.61. The zero-order valence-electron chi connectivity index (χ0n) is 14.3. The van der Waals surface area contributed by atoms with Crippen molar-refractivity contribution in [1.29, 1.82) is 0 Å². The molecule has 2 aromatic carbocycles. The van der Waals surface area contributed by atoms with E-state index in [0.717, 1.165) is 48.9 Å². The van der Waals surface area contributed by atoms with E-state index in [0.29, 0.717) is 6.54 Å². The van der Waals surface area contributed by atoms with Crippen LogP contribution in [0, 0.1) is 5.82 Å². The third-order valence-corrected chi connectivity index (χ3v) is 4.59. The Morgan fingerprint density at radius 2 is 1.81 bits per heavy atom. The number of anilines is 2. The van der Waals surface area contributed by atoms with E-state index in [9.17, 15) is 9.18 Å². The molecule has 0 bridgehead atoms. The van der Waals surface area contributed by atoms with Crippen LogP contribution >= 0.6 is 12.4 Å². The Bertz CT molecular complexity index is 796. The lowest BCUT2D eigenvalue weighted by molar-refractivity contribution is -0.121. The maximum atomic E-state index is 13.5. The third-order valence-electron chi connectivity index (χ3n) is 4.59. The molecule has 2 aromatic rings. The Kier molecular flexibility index (Phi) is 5.64. The van der Waals surface area contributed by atoms with Gasteiger partial charge in [-0.1, -0.05) is 18.2 Å². The molecule has 0 unspecified atom stereocenters. The Labute approximate surface area is 158 Å². The van der Waals surface area contributed by atoms with Gasteiger partial charge < -0.3 is 19.9 Å². The highest BCUT2D eigenvalue weighted by atomic mass is 35.5. The Hall–Kier alpha value is -2.31. The number of fused-ring (bicyclic) bond motifs is 1. The molecule has 1 fully saturated rings. The van der Waals surface area contributed by atoms with Crippen LogP contribution < -0.4 is 19.9 Å². The summed E-state index contributed by atoms with van der Waals surface area (Å²) in [5.41, 5.74) is 2.51. The van der Waals surface area contributed by atoms with Crippen molar-refractivity contribution in [2.75, 3.05) is 42.6 Å². The first-order chi connectivity index (χ1) is 12.2. The van der Waals surface area contributed by atoms with Gasteiger partial charge in [-0.2, -0.15) is 0 Å². The van der Waals surface area contributed by atoms with Gasteiger partial charge in [0, 0.05) is 26.2 Å². The summed E-state index contributed by atoms with van der Waals surface area (Å²) < 4.78 is 19.3. The lowest BCUT2D eigenvalue weighted by atomic mass is 10.1. The molecular weight excluding hydrogens is 357 g/mol. The van der Waals surface area contributed by atoms with Gasteiger partial charge >= 0.3 is 0 Å². The van der Waals surface area contributed by atoms with Crippen molar-refractivity contribution < 1.29 is 13.9 Å². The summed E-state index contributed by atoms with van der Waals surface area (Å²) in [5.74, 6) is 0.322. The Morgan fingerprint density at radius 1 is 1.08 bits per heavy atom.